The van der Waals surface area contributed by atoms with E-state index in [2.05, 4.69) is 68.7 Å². The van der Waals surface area contributed by atoms with Gasteiger partial charge in [-0.3, -0.25) is 4.98 Å². The van der Waals surface area contributed by atoms with Gasteiger partial charge in [0.25, 0.3) is 0 Å². The first kappa shape index (κ1) is 19.5. The van der Waals surface area contributed by atoms with Crippen LogP contribution in [0.2, 0.25) is 0 Å². The molecule has 4 heteroatoms. The molecule has 0 amide bonds. The minimum Gasteiger partial charge on any atom is -0.380 e. The van der Waals surface area contributed by atoms with Gasteiger partial charge in [-0.25, -0.2) is 0 Å². The fourth-order valence-corrected chi connectivity index (χ4v) is 3.28. The molecule has 0 atom stereocenters. The number of methoxy groups -OCH3 is 2. The van der Waals surface area contributed by atoms with Gasteiger partial charge in [-0.1, -0.05) is 20.8 Å². The number of ether oxygens (including phenoxy) is 2. The Labute approximate surface area is 151 Å². The second kappa shape index (κ2) is 7.63. The molecule has 0 aliphatic heterocycles. The maximum atomic E-state index is 5.45. The molecule has 0 spiro atoms. The average molecular weight is 343 g/mol. The second-order valence-corrected chi connectivity index (χ2v) is 7.96. The van der Waals surface area contributed by atoms with Crippen molar-refractivity contribution in [3.8, 4) is 0 Å². The van der Waals surface area contributed by atoms with E-state index in [1.807, 2.05) is 12.3 Å². The lowest BCUT2D eigenvalue weighted by Crippen LogP contribution is -2.53. The van der Waals surface area contributed by atoms with E-state index < -0.39 is 0 Å². The van der Waals surface area contributed by atoms with Crippen LogP contribution in [0.15, 0.2) is 36.8 Å². The van der Waals surface area contributed by atoms with Crippen molar-refractivity contribution < 1.29 is 14.0 Å². The summed E-state index contributed by atoms with van der Waals surface area (Å²) in [5, 5.41) is 0. The van der Waals surface area contributed by atoms with Crippen LogP contribution in [0.25, 0.3) is 0 Å². The van der Waals surface area contributed by atoms with Crippen molar-refractivity contribution in [2.24, 2.45) is 0 Å². The van der Waals surface area contributed by atoms with Crippen molar-refractivity contribution >= 4 is 0 Å². The highest BCUT2D eigenvalue weighted by atomic mass is 16.5. The van der Waals surface area contributed by atoms with Gasteiger partial charge >= 0.3 is 0 Å². The highest BCUT2D eigenvalue weighted by Gasteiger charge is 2.34. The van der Waals surface area contributed by atoms with E-state index in [0.717, 1.165) is 11.3 Å². The van der Waals surface area contributed by atoms with Crippen LogP contribution in [0.1, 0.15) is 57.0 Å². The molecule has 0 saturated carbocycles. The van der Waals surface area contributed by atoms with E-state index in [4.69, 9.17) is 9.47 Å². The second-order valence-electron chi connectivity index (χ2n) is 7.96. The summed E-state index contributed by atoms with van der Waals surface area (Å²) in [7, 11) is 3.44. The lowest BCUT2D eigenvalue weighted by molar-refractivity contribution is -0.747. The van der Waals surface area contributed by atoms with Gasteiger partial charge in [0.15, 0.2) is 17.9 Å². The van der Waals surface area contributed by atoms with Crippen LogP contribution in [0, 0.1) is 0 Å². The van der Waals surface area contributed by atoms with E-state index >= 15 is 0 Å². The molecular weight excluding hydrogens is 312 g/mol. The Morgan fingerprint density at radius 1 is 0.960 bits per heavy atom. The molecule has 2 rings (SSSR count). The van der Waals surface area contributed by atoms with Crippen molar-refractivity contribution in [3.63, 3.8) is 0 Å². The van der Waals surface area contributed by atoms with Gasteiger partial charge in [0.1, 0.15) is 0 Å². The molecule has 0 unspecified atom stereocenters. The topological polar surface area (TPSA) is 35.2 Å². The van der Waals surface area contributed by atoms with Gasteiger partial charge in [0.05, 0.1) is 18.9 Å². The molecule has 0 fully saturated rings. The maximum absolute atomic E-state index is 5.45. The molecule has 0 bridgehead atoms. The summed E-state index contributed by atoms with van der Waals surface area (Å²) < 4.78 is 13.0. The normalized spacial score (nSPS) is 12.4. The predicted octanol–water partition coefficient (Wildman–Crippen LogP) is 3.74. The van der Waals surface area contributed by atoms with E-state index in [1.165, 1.54) is 11.1 Å². The van der Waals surface area contributed by atoms with Gasteiger partial charge < -0.3 is 9.47 Å². The SMILES string of the molecule is COCc1c[n+](C(C)(C)c2cccnc2COC)ccc1C(C)(C)C. The summed E-state index contributed by atoms with van der Waals surface area (Å²) in [5.74, 6) is 0. The summed E-state index contributed by atoms with van der Waals surface area (Å²) in [6.45, 7) is 12.2. The Kier molecular flexibility index (Phi) is 5.96. The monoisotopic (exact) mass is 343 g/mol. The first-order valence-electron chi connectivity index (χ1n) is 8.69. The third kappa shape index (κ3) is 4.25. The number of pyridine rings is 2. The molecule has 0 saturated heterocycles. The Balaban J connectivity index is 2.55. The molecule has 2 aromatic heterocycles. The minimum atomic E-state index is -0.249. The molecule has 0 aliphatic rings. The molecule has 0 radical (unpaired) electrons. The Hall–Kier alpha value is -1.78. The maximum Gasteiger partial charge on any atom is 0.189 e. The largest absolute Gasteiger partial charge is 0.380 e. The molecule has 2 heterocycles. The van der Waals surface area contributed by atoms with Crippen molar-refractivity contribution in [3.05, 3.63) is 59.2 Å². The smallest absolute Gasteiger partial charge is 0.189 e. The summed E-state index contributed by atoms with van der Waals surface area (Å²) in [5.41, 5.74) is 4.48. The molecule has 2 aromatic rings. The van der Waals surface area contributed by atoms with Crippen LogP contribution in [0.4, 0.5) is 0 Å². The Morgan fingerprint density at radius 3 is 2.24 bits per heavy atom. The third-order valence-corrected chi connectivity index (χ3v) is 4.63. The zero-order valence-corrected chi connectivity index (χ0v) is 16.6. The van der Waals surface area contributed by atoms with Crippen LogP contribution in [-0.4, -0.2) is 19.2 Å². The zero-order chi connectivity index (χ0) is 18.7. The van der Waals surface area contributed by atoms with Crippen molar-refractivity contribution in [1.82, 2.24) is 4.98 Å². The number of aromatic nitrogens is 2. The fourth-order valence-electron chi connectivity index (χ4n) is 3.28. The van der Waals surface area contributed by atoms with E-state index in [-0.39, 0.29) is 11.0 Å². The number of hydrogen-bond donors (Lipinski definition) is 0. The molecular formula is C21H31N2O2+. The van der Waals surface area contributed by atoms with Crippen molar-refractivity contribution in [2.75, 3.05) is 14.2 Å². The van der Waals surface area contributed by atoms with Crippen LogP contribution < -0.4 is 4.57 Å². The van der Waals surface area contributed by atoms with Gasteiger partial charge in [-0.05, 0) is 23.1 Å². The Morgan fingerprint density at radius 2 is 1.64 bits per heavy atom. The van der Waals surface area contributed by atoms with Gasteiger partial charge in [-0.2, -0.15) is 4.57 Å². The number of nitrogens with zero attached hydrogens (tertiary/aromatic N) is 2. The lowest BCUT2D eigenvalue weighted by atomic mass is 9.84. The van der Waals surface area contributed by atoms with Crippen LogP contribution in [0.5, 0.6) is 0 Å². The highest BCUT2D eigenvalue weighted by molar-refractivity contribution is 5.29. The minimum absolute atomic E-state index is 0.0760. The quantitative estimate of drug-likeness (QED) is 0.750. The van der Waals surface area contributed by atoms with Crippen LogP contribution >= 0.6 is 0 Å². The highest BCUT2D eigenvalue weighted by Crippen LogP contribution is 2.28. The predicted molar refractivity (Wildman–Crippen MR) is 99.4 cm³/mol. The first-order chi connectivity index (χ1) is 11.7. The summed E-state index contributed by atoms with van der Waals surface area (Å²) in [4.78, 5) is 4.51. The number of rotatable bonds is 6. The summed E-state index contributed by atoms with van der Waals surface area (Å²) in [6.07, 6.45) is 6.18. The molecule has 136 valence electrons. The molecule has 25 heavy (non-hydrogen) atoms. The molecule has 0 aliphatic carbocycles. The third-order valence-electron chi connectivity index (χ3n) is 4.63. The van der Waals surface area contributed by atoms with E-state index in [1.54, 1.807) is 14.2 Å². The fraction of sp³-hybridized carbons (Fsp3) is 0.524. The zero-order valence-electron chi connectivity index (χ0n) is 16.6. The van der Waals surface area contributed by atoms with Gasteiger partial charge in [0, 0.05) is 51.5 Å². The van der Waals surface area contributed by atoms with Crippen LogP contribution in [0.3, 0.4) is 0 Å². The van der Waals surface area contributed by atoms with E-state index in [9.17, 15) is 0 Å². The lowest BCUT2D eigenvalue weighted by Gasteiger charge is -2.26. The van der Waals surface area contributed by atoms with Gasteiger partial charge in [-0.15, -0.1) is 0 Å². The summed E-state index contributed by atoms with van der Waals surface area (Å²) in [6, 6.07) is 6.32. The average Bonchev–Trinajstić information content (AvgIpc) is 2.55. The molecule has 0 N–H and O–H groups in total. The standard InChI is InChI=1S/C21H31N2O2/c1-20(2,3)17-10-12-23(13-16(17)14-24-6)21(4,5)18-9-8-11-22-19(18)15-25-7/h8-13H,14-15H2,1-7H3/q+1. The summed E-state index contributed by atoms with van der Waals surface area (Å²) >= 11 is 0. The van der Waals surface area contributed by atoms with Gasteiger partial charge in [0.2, 0.25) is 0 Å². The van der Waals surface area contributed by atoms with E-state index in [0.29, 0.717) is 13.2 Å². The number of hydrogen-bond acceptors (Lipinski definition) is 3. The molecule has 0 aromatic carbocycles. The molecule has 4 nitrogen and oxygen atoms in total. The first-order valence-corrected chi connectivity index (χ1v) is 8.69. The van der Waals surface area contributed by atoms with Crippen molar-refractivity contribution in [2.45, 2.75) is 58.8 Å². The van der Waals surface area contributed by atoms with Crippen LogP contribution in [-0.2, 0) is 33.6 Å². The Bertz CT molecular complexity index is 718. The van der Waals surface area contributed by atoms with Crippen molar-refractivity contribution in [1.29, 1.82) is 0 Å².